The van der Waals surface area contributed by atoms with Gasteiger partial charge in [-0.3, -0.25) is 9.69 Å². The molecule has 0 aromatic carbocycles. The van der Waals surface area contributed by atoms with Crippen LogP contribution in [0.2, 0.25) is 0 Å². The van der Waals surface area contributed by atoms with Crippen LogP contribution in [0.1, 0.15) is 30.1 Å². The molecule has 0 aliphatic carbocycles. The molecule has 1 aromatic heterocycles. The van der Waals surface area contributed by atoms with Crippen LogP contribution in [0.15, 0.2) is 18.3 Å². The second-order valence-corrected chi connectivity index (χ2v) is 6.47. The first-order valence-corrected chi connectivity index (χ1v) is 9.09. The van der Waals surface area contributed by atoms with Crippen molar-refractivity contribution in [2.24, 2.45) is 0 Å². The number of amides is 1. The maximum Gasteiger partial charge on any atom is 0.259 e. The predicted molar refractivity (Wildman–Crippen MR) is 93.4 cm³/mol. The number of hydrogen-bond donors (Lipinski definition) is 0. The van der Waals surface area contributed by atoms with Crippen LogP contribution in [-0.2, 0) is 0 Å². The zero-order valence-electron chi connectivity index (χ0n) is 14.6. The third kappa shape index (κ3) is 4.24. The number of carbonyl (C=O) groups excluding carboxylic acids is 1. The highest BCUT2D eigenvalue weighted by molar-refractivity contribution is 5.96. The van der Waals surface area contributed by atoms with E-state index in [0.29, 0.717) is 18.1 Å². The van der Waals surface area contributed by atoms with E-state index in [2.05, 4.69) is 14.8 Å². The third-order valence-corrected chi connectivity index (χ3v) is 4.87. The normalized spacial score (nSPS) is 19.6. The molecule has 0 saturated carbocycles. The summed E-state index contributed by atoms with van der Waals surface area (Å²) >= 11 is 0. The standard InChI is InChI=1S/C18H28N4O2/c1-2-24-17-16(6-5-7-19-17)18(23)22-14-12-21(13-15-22)11-10-20-8-3-4-9-20/h5-7H,2-4,8-15H2,1H3. The van der Waals surface area contributed by atoms with Gasteiger partial charge in [0.25, 0.3) is 5.91 Å². The summed E-state index contributed by atoms with van der Waals surface area (Å²) < 4.78 is 5.49. The molecule has 0 spiro atoms. The maximum absolute atomic E-state index is 12.7. The van der Waals surface area contributed by atoms with Crippen molar-refractivity contribution in [3.63, 3.8) is 0 Å². The van der Waals surface area contributed by atoms with Crippen LogP contribution in [0.25, 0.3) is 0 Å². The molecule has 2 fully saturated rings. The first kappa shape index (κ1) is 17.2. The Morgan fingerprint density at radius 1 is 1.08 bits per heavy atom. The van der Waals surface area contributed by atoms with Crippen molar-refractivity contribution in [1.82, 2.24) is 19.7 Å². The zero-order valence-corrected chi connectivity index (χ0v) is 14.6. The van der Waals surface area contributed by atoms with Crippen LogP contribution in [0.5, 0.6) is 5.88 Å². The van der Waals surface area contributed by atoms with E-state index in [1.54, 1.807) is 18.3 Å². The molecule has 24 heavy (non-hydrogen) atoms. The Morgan fingerprint density at radius 3 is 2.42 bits per heavy atom. The summed E-state index contributed by atoms with van der Waals surface area (Å²) in [6, 6.07) is 3.60. The highest BCUT2D eigenvalue weighted by atomic mass is 16.5. The van der Waals surface area contributed by atoms with Gasteiger partial charge in [0.2, 0.25) is 5.88 Å². The fraction of sp³-hybridized carbons (Fsp3) is 0.667. The van der Waals surface area contributed by atoms with Gasteiger partial charge in [0.15, 0.2) is 0 Å². The predicted octanol–water partition coefficient (Wildman–Crippen LogP) is 1.33. The third-order valence-electron chi connectivity index (χ3n) is 4.87. The average molecular weight is 332 g/mol. The minimum Gasteiger partial charge on any atom is -0.477 e. The molecular weight excluding hydrogens is 304 g/mol. The van der Waals surface area contributed by atoms with Crippen LogP contribution in [0.4, 0.5) is 0 Å². The van der Waals surface area contributed by atoms with Gasteiger partial charge in [0.05, 0.1) is 6.61 Å². The summed E-state index contributed by atoms with van der Waals surface area (Å²) in [5.41, 5.74) is 0.574. The SMILES string of the molecule is CCOc1ncccc1C(=O)N1CCN(CCN2CCCC2)CC1. The van der Waals surface area contributed by atoms with Gasteiger partial charge in [-0.15, -0.1) is 0 Å². The maximum atomic E-state index is 12.7. The highest BCUT2D eigenvalue weighted by Crippen LogP contribution is 2.18. The quantitative estimate of drug-likeness (QED) is 0.787. The molecule has 0 bridgehead atoms. The lowest BCUT2D eigenvalue weighted by atomic mass is 10.2. The Labute approximate surface area is 144 Å². The molecule has 0 N–H and O–H groups in total. The fourth-order valence-corrected chi connectivity index (χ4v) is 3.44. The van der Waals surface area contributed by atoms with E-state index in [1.165, 1.54) is 25.9 Å². The average Bonchev–Trinajstić information content (AvgIpc) is 3.14. The lowest BCUT2D eigenvalue weighted by Gasteiger charge is -2.35. The number of pyridine rings is 1. The second-order valence-electron chi connectivity index (χ2n) is 6.47. The molecule has 6 heteroatoms. The topological polar surface area (TPSA) is 48.9 Å². The van der Waals surface area contributed by atoms with Gasteiger partial charge >= 0.3 is 0 Å². The molecule has 0 unspecified atom stereocenters. The smallest absolute Gasteiger partial charge is 0.259 e. The molecule has 2 aliphatic rings. The van der Waals surface area contributed by atoms with Gasteiger partial charge in [-0.05, 0) is 45.0 Å². The summed E-state index contributed by atoms with van der Waals surface area (Å²) in [6.45, 7) is 10.6. The van der Waals surface area contributed by atoms with Gasteiger partial charge in [0.1, 0.15) is 5.56 Å². The fourth-order valence-electron chi connectivity index (χ4n) is 3.44. The summed E-state index contributed by atoms with van der Waals surface area (Å²) in [7, 11) is 0. The largest absolute Gasteiger partial charge is 0.477 e. The summed E-state index contributed by atoms with van der Waals surface area (Å²) in [6.07, 6.45) is 4.35. The van der Waals surface area contributed by atoms with Gasteiger partial charge < -0.3 is 14.5 Å². The Kier molecular flexibility index (Phi) is 6.04. The van der Waals surface area contributed by atoms with E-state index in [4.69, 9.17) is 4.74 Å². The number of likely N-dealkylation sites (tertiary alicyclic amines) is 1. The number of aromatic nitrogens is 1. The molecule has 1 amide bonds. The number of ether oxygens (including phenoxy) is 1. The molecule has 2 aliphatic heterocycles. The minimum absolute atomic E-state index is 0.0331. The number of rotatable bonds is 6. The number of hydrogen-bond acceptors (Lipinski definition) is 5. The van der Waals surface area contributed by atoms with E-state index in [-0.39, 0.29) is 5.91 Å². The van der Waals surface area contributed by atoms with Gasteiger partial charge in [-0.2, -0.15) is 0 Å². The molecule has 0 atom stereocenters. The van der Waals surface area contributed by atoms with E-state index in [9.17, 15) is 4.79 Å². The number of piperazine rings is 1. The molecule has 6 nitrogen and oxygen atoms in total. The molecule has 1 aromatic rings. The first-order valence-electron chi connectivity index (χ1n) is 9.09. The van der Waals surface area contributed by atoms with Gasteiger partial charge in [0, 0.05) is 45.5 Å². The van der Waals surface area contributed by atoms with Gasteiger partial charge in [-0.1, -0.05) is 0 Å². The van der Waals surface area contributed by atoms with Crippen LogP contribution in [0, 0.1) is 0 Å². The molecule has 0 radical (unpaired) electrons. The van der Waals surface area contributed by atoms with Crippen molar-refractivity contribution >= 4 is 5.91 Å². The summed E-state index contributed by atoms with van der Waals surface area (Å²) in [5, 5.41) is 0. The molecule has 3 rings (SSSR count). The van der Waals surface area contributed by atoms with Crippen LogP contribution >= 0.6 is 0 Å². The van der Waals surface area contributed by atoms with Crippen molar-refractivity contribution in [2.75, 3.05) is 59.0 Å². The molecule has 3 heterocycles. The monoisotopic (exact) mass is 332 g/mol. The Balaban J connectivity index is 1.49. The van der Waals surface area contributed by atoms with Crippen LogP contribution in [0.3, 0.4) is 0 Å². The molecule has 132 valence electrons. The zero-order chi connectivity index (χ0) is 16.8. The van der Waals surface area contributed by atoms with Crippen molar-refractivity contribution in [3.8, 4) is 5.88 Å². The van der Waals surface area contributed by atoms with Crippen molar-refractivity contribution < 1.29 is 9.53 Å². The summed E-state index contributed by atoms with van der Waals surface area (Å²) in [5.74, 6) is 0.479. The highest BCUT2D eigenvalue weighted by Gasteiger charge is 2.25. The Bertz CT molecular complexity index is 538. The lowest BCUT2D eigenvalue weighted by Crippen LogP contribution is -2.50. The number of nitrogens with zero attached hydrogens (tertiary/aromatic N) is 4. The van der Waals surface area contributed by atoms with E-state index in [1.807, 2.05) is 11.8 Å². The Hall–Kier alpha value is -1.66. The van der Waals surface area contributed by atoms with Crippen molar-refractivity contribution in [1.29, 1.82) is 0 Å². The molecule has 2 saturated heterocycles. The van der Waals surface area contributed by atoms with E-state index in [0.717, 1.165) is 39.3 Å². The van der Waals surface area contributed by atoms with Gasteiger partial charge in [-0.25, -0.2) is 4.98 Å². The number of carbonyl (C=O) groups is 1. The van der Waals surface area contributed by atoms with Crippen LogP contribution < -0.4 is 4.74 Å². The second kappa shape index (κ2) is 8.44. The van der Waals surface area contributed by atoms with Crippen molar-refractivity contribution in [3.05, 3.63) is 23.9 Å². The van der Waals surface area contributed by atoms with E-state index >= 15 is 0 Å². The van der Waals surface area contributed by atoms with Crippen LogP contribution in [-0.4, -0.2) is 84.6 Å². The molecular formula is C18H28N4O2. The minimum atomic E-state index is 0.0331. The Morgan fingerprint density at radius 2 is 1.75 bits per heavy atom. The first-order chi connectivity index (χ1) is 11.8. The summed E-state index contributed by atoms with van der Waals surface area (Å²) in [4.78, 5) is 23.9. The van der Waals surface area contributed by atoms with E-state index < -0.39 is 0 Å². The van der Waals surface area contributed by atoms with Crippen molar-refractivity contribution in [2.45, 2.75) is 19.8 Å². The lowest BCUT2D eigenvalue weighted by molar-refractivity contribution is 0.0622.